The zero-order chi connectivity index (χ0) is 8.49. The van der Waals surface area contributed by atoms with Crippen LogP contribution >= 0.6 is 24.8 Å². The number of halogens is 2. The van der Waals surface area contributed by atoms with E-state index in [9.17, 15) is 0 Å². The van der Waals surface area contributed by atoms with E-state index in [4.69, 9.17) is 0 Å². The molecule has 0 aromatic heterocycles. The minimum atomic E-state index is 0. The largest absolute Gasteiger partial charge is 4.00 e. The molecule has 0 radical (unpaired) electrons. The van der Waals surface area contributed by atoms with Gasteiger partial charge >= 0.3 is 21.7 Å². The molecule has 7 heteroatoms. The molecule has 0 amide bonds. The summed E-state index contributed by atoms with van der Waals surface area (Å²) in [7, 11) is 0. The fourth-order valence-electron chi connectivity index (χ4n) is 1.16. The molecule has 0 unspecified atom stereocenters. The summed E-state index contributed by atoms with van der Waals surface area (Å²) in [6, 6.07) is 0. The molecule has 1 saturated heterocycles. The van der Waals surface area contributed by atoms with E-state index in [-0.39, 0.29) is 68.8 Å². The second-order valence-electron chi connectivity index (χ2n) is 2.92. The zero-order valence-corrected chi connectivity index (χ0v) is 15.1. The summed E-state index contributed by atoms with van der Waals surface area (Å²) in [5.74, 6) is 0. The van der Waals surface area contributed by atoms with Crippen molar-refractivity contribution in [3.8, 4) is 0 Å². The van der Waals surface area contributed by atoms with Gasteiger partial charge in [-0.25, -0.2) is 0 Å². The first-order valence-electron chi connectivity index (χ1n) is 4.75. The molecule has 3 N–H and O–H groups in total. The Morgan fingerprint density at radius 3 is 1.17 bits per heavy atom. The molecule has 0 spiro atoms. The standard InChI is InChI=1S/C8H19N4.3CH3.2ClH.Ti/c1-2-10-5-6-12-8-7-11-4-3-9-1;;;;;;/h9-11H,1-8H2;3*1H3;2*1H;/q4*-1;;;+4. The van der Waals surface area contributed by atoms with Crippen molar-refractivity contribution in [2.45, 2.75) is 0 Å². The number of nitrogens with zero attached hydrogens (tertiary/aromatic N) is 1. The van der Waals surface area contributed by atoms with Crippen LogP contribution in [0.3, 0.4) is 0 Å². The van der Waals surface area contributed by atoms with E-state index in [1.807, 2.05) is 0 Å². The summed E-state index contributed by atoms with van der Waals surface area (Å²) in [6.07, 6.45) is 0. The van der Waals surface area contributed by atoms with Crippen LogP contribution in [0.25, 0.3) is 5.32 Å². The third-order valence-electron chi connectivity index (χ3n) is 1.85. The maximum atomic E-state index is 4.36. The van der Waals surface area contributed by atoms with Gasteiger partial charge < -0.3 is 43.5 Å². The second-order valence-corrected chi connectivity index (χ2v) is 2.92. The number of hydrogen-bond acceptors (Lipinski definition) is 3. The minimum absolute atomic E-state index is 0. The summed E-state index contributed by atoms with van der Waals surface area (Å²) in [4.78, 5) is 0. The Kier molecular flexibility index (Phi) is 62.5. The van der Waals surface area contributed by atoms with E-state index in [0.29, 0.717) is 0 Å². The topological polar surface area (TPSA) is 50.2 Å². The van der Waals surface area contributed by atoms with Crippen LogP contribution in [0.1, 0.15) is 0 Å². The van der Waals surface area contributed by atoms with Crippen LogP contribution in [0.4, 0.5) is 0 Å². The molecule has 1 aliphatic heterocycles. The Hall–Kier alpha value is 1.13. The van der Waals surface area contributed by atoms with E-state index in [2.05, 4.69) is 21.3 Å². The first-order chi connectivity index (χ1) is 6.00. The Morgan fingerprint density at radius 2 is 0.833 bits per heavy atom. The predicted molar refractivity (Wildman–Crippen MR) is 85.4 cm³/mol. The summed E-state index contributed by atoms with van der Waals surface area (Å²) < 4.78 is 0. The van der Waals surface area contributed by atoms with Crippen molar-refractivity contribution in [3.63, 3.8) is 0 Å². The van der Waals surface area contributed by atoms with E-state index in [1.165, 1.54) is 0 Å². The molecule has 0 atom stereocenters. The first kappa shape index (κ1) is 36.5. The third kappa shape index (κ3) is 25.9. The van der Waals surface area contributed by atoms with Gasteiger partial charge in [-0.1, -0.05) is 0 Å². The Morgan fingerprint density at radius 1 is 0.556 bits per heavy atom. The predicted octanol–water partition coefficient (Wildman–Crippen LogP) is 1.33. The van der Waals surface area contributed by atoms with Crippen molar-refractivity contribution < 1.29 is 21.7 Å². The quantitative estimate of drug-likeness (QED) is 0.462. The van der Waals surface area contributed by atoms with Gasteiger partial charge in [0, 0.05) is 26.2 Å². The van der Waals surface area contributed by atoms with Crippen LogP contribution in [0.15, 0.2) is 0 Å². The van der Waals surface area contributed by atoms with Gasteiger partial charge in [0.2, 0.25) is 0 Å². The molecule has 0 saturated carbocycles. The molecule has 0 bridgehead atoms. The fourth-order valence-corrected chi connectivity index (χ4v) is 1.16. The molecular formula is C11H30Cl2N4Ti. The maximum absolute atomic E-state index is 4.36. The summed E-state index contributed by atoms with van der Waals surface area (Å²) >= 11 is 0. The normalized spacial score (nSPS) is 16.0. The third-order valence-corrected chi connectivity index (χ3v) is 1.85. The van der Waals surface area contributed by atoms with Crippen LogP contribution in [0, 0.1) is 22.3 Å². The monoisotopic (exact) mass is 336 g/mol. The van der Waals surface area contributed by atoms with Gasteiger partial charge in [0.25, 0.3) is 0 Å². The van der Waals surface area contributed by atoms with Crippen molar-refractivity contribution in [2.75, 3.05) is 52.4 Å². The van der Waals surface area contributed by atoms with E-state index >= 15 is 0 Å². The average molecular weight is 337 g/mol. The zero-order valence-electron chi connectivity index (χ0n) is 11.9. The average Bonchev–Trinajstić information content (AvgIpc) is 2.05. The molecule has 1 rings (SSSR count). The smallest absolute Gasteiger partial charge is 0.660 e. The van der Waals surface area contributed by atoms with Crippen LogP contribution in [-0.2, 0) is 21.7 Å². The molecule has 0 aromatic rings. The SMILES string of the molecule is C1CNCCNCCNCC[N-]1.Cl.Cl.[CH3-].[CH3-].[CH3-].[Ti+4]. The Labute approximate surface area is 142 Å². The molecular weight excluding hydrogens is 307 g/mol. The van der Waals surface area contributed by atoms with Crippen LogP contribution in [-0.4, -0.2) is 52.4 Å². The molecule has 1 aliphatic rings. The van der Waals surface area contributed by atoms with E-state index < -0.39 is 0 Å². The van der Waals surface area contributed by atoms with Gasteiger partial charge in [0.1, 0.15) is 0 Å². The van der Waals surface area contributed by atoms with Crippen molar-refractivity contribution >= 4 is 24.8 Å². The summed E-state index contributed by atoms with van der Waals surface area (Å²) in [5, 5.41) is 14.4. The van der Waals surface area contributed by atoms with Crippen molar-refractivity contribution in [3.05, 3.63) is 27.6 Å². The van der Waals surface area contributed by atoms with Gasteiger partial charge in [0.15, 0.2) is 0 Å². The molecule has 1 fully saturated rings. The van der Waals surface area contributed by atoms with Crippen molar-refractivity contribution in [2.24, 2.45) is 0 Å². The minimum Gasteiger partial charge on any atom is -0.660 e. The van der Waals surface area contributed by atoms with Crippen LogP contribution in [0.2, 0.25) is 0 Å². The summed E-state index contributed by atoms with van der Waals surface area (Å²) in [5.41, 5.74) is 0. The van der Waals surface area contributed by atoms with Crippen LogP contribution < -0.4 is 16.0 Å². The first-order valence-corrected chi connectivity index (χ1v) is 4.75. The van der Waals surface area contributed by atoms with Gasteiger partial charge in [-0.3, -0.25) is 0 Å². The Bertz CT molecular complexity index is 70.0. The van der Waals surface area contributed by atoms with Crippen LogP contribution in [0.5, 0.6) is 0 Å². The number of nitrogens with one attached hydrogen (secondary N) is 3. The van der Waals surface area contributed by atoms with Gasteiger partial charge in [-0.05, 0) is 13.1 Å². The second kappa shape index (κ2) is 30.9. The van der Waals surface area contributed by atoms with Gasteiger partial charge in [-0.15, -0.1) is 37.9 Å². The molecule has 1 heterocycles. The summed E-state index contributed by atoms with van der Waals surface area (Å²) in [6.45, 7) is 8.14. The molecule has 112 valence electrons. The molecule has 0 aromatic carbocycles. The molecule has 0 aliphatic carbocycles. The van der Waals surface area contributed by atoms with Gasteiger partial charge in [0.05, 0.1) is 0 Å². The van der Waals surface area contributed by atoms with Gasteiger partial charge in [-0.2, -0.15) is 0 Å². The fraction of sp³-hybridized carbons (Fsp3) is 0.727. The maximum Gasteiger partial charge on any atom is 4.00 e. The Balaban J connectivity index is -0.0000000600. The molecule has 4 nitrogen and oxygen atoms in total. The molecule has 18 heavy (non-hydrogen) atoms. The van der Waals surface area contributed by atoms with Crippen molar-refractivity contribution in [1.29, 1.82) is 0 Å². The number of hydrogen-bond donors (Lipinski definition) is 3. The van der Waals surface area contributed by atoms with Crippen molar-refractivity contribution in [1.82, 2.24) is 16.0 Å². The van der Waals surface area contributed by atoms with E-state index in [1.54, 1.807) is 0 Å². The van der Waals surface area contributed by atoms with E-state index in [0.717, 1.165) is 52.4 Å². The number of rotatable bonds is 0.